The van der Waals surface area contributed by atoms with Gasteiger partial charge in [0.2, 0.25) is 0 Å². The molecule has 4 heteroatoms. The third kappa shape index (κ3) is 2.38. The maximum atomic E-state index is 13.4. The van der Waals surface area contributed by atoms with Gasteiger partial charge in [0, 0.05) is 0 Å². The Bertz CT molecular complexity index is 1100. The van der Waals surface area contributed by atoms with Gasteiger partial charge in [-0.1, -0.05) is 0 Å². The number of aromatic nitrogens is 2. The van der Waals surface area contributed by atoms with Gasteiger partial charge >= 0.3 is 157 Å². The summed E-state index contributed by atoms with van der Waals surface area (Å²) in [5, 5.41) is 0. The fourth-order valence-corrected chi connectivity index (χ4v) is 5.68. The molecule has 0 aliphatic heterocycles. The molecule has 0 saturated carbocycles. The van der Waals surface area contributed by atoms with E-state index in [1.807, 2.05) is 60.8 Å². The van der Waals surface area contributed by atoms with Crippen molar-refractivity contribution in [1.82, 2.24) is 9.97 Å². The van der Waals surface area contributed by atoms with E-state index in [4.69, 9.17) is 4.98 Å². The number of Topliss-reactive ketones (excluding diaryl/α,β-unsaturated/α-hetero) is 1. The number of pyridine rings is 1. The van der Waals surface area contributed by atoms with E-state index in [0.29, 0.717) is 0 Å². The summed E-state index contributed by atoms with van der Waals surface area (Å²) >= 11 is -0.101. The van der Waals surface area contributed by atoms with Crippen molar-refractivity contribution in [1.29, 1.82) is 0 Å². The minimum atomic E-state index is -0.239. The topological polar surface area (TPSA) is 42.9 Å². The Morgan fingerprint density at radius 2 is 1.69 bits per heavy atom. The van der Waals surface area contributed by atoms with Crippen molar-refractivity contribution in [3.05, 3.63) is 94.7 Å². The van der Waals surface area contributed by atoms with Crippen LogP contribution in [0, 0.1) is 0 Å². The molecule has 0 radical (unpaired) electrons. The van der Waals surface area contributed by atoms with Crippen LogP contribution in [0.1, 0.15) is 26.3 Å². The van der Waals surface area contributed by atoms with Gasteiger partial charge in [0.15, 0.2) is 0 Å². The van der Waals surface area contributed by atoms with Gasteiger partial charge in [0.05, 0.1) is 0 Å². The van der Waals surface area contributed by atoms with Crippen molar-refractivity contribution in [2.45, 2.75) is 5.92 Å². The Kier molecular flexibility index (Phi) is 3.66. The van der Waals surface area contributed by atoms with Gasteiger partial charge in [-0.25, -0.2) is 0 Å². The third-order valence-electron chi connectivity index (χ3n) is 4.68. The second-order valence-corrected chi connectivity index (χ2v) is 8.33. The van der Waals surface area contributed by atoms with Gasteiger partial charge < -0.3 is 0 Å². The summed E-state index contributed by atoms with van der Waals surface area (Å²) in [4.78, 5) is 22.5. The summed E-state index contributed by atoms with van der Waals surface area (Å²) in [6, 6.07) is 22.1. The van der Waals surface area contributed by atoms with Crippen LogP contribution < -0.4 is 0 Å². The predicted octanol–water partition coefficient (Wildman–Crippen LogP) is 4.20. The summed E-state index contributed by atoms with van der Waals surface area (Å²) in [6.07, 6.45) is 3.58. The quantitative estimate of drug-likeness (QED) is 0.473. The van der Waals surface area contributed by atoms with E-state index in [2.05, 4.69) is 17.1 Å². The molecule has 1 atom stereocenters. The third-order valence-corrected chi connectivity index (χ3v) is 7.03. The molecule has 1 aliphatic rings. The fourth-order valence-electron chi connectivity index (χ4n) is 3.50. The Labute approximate surface area is 157 Å². The molecule has 0 spiro atoms. The van der Waals surface area contributed by atoms with Gasteiger partial charge in [-0.3, -0.25) is 0 Å². The minimum absolute atomic E-state index is 0.101. The SMILES string of the molecule is O=C1c2[se]c(-c3cccnc3)nc2-c2ccccc2C1c1ccccc1. The Morgan fingerprint density at radius 3 is 2.50 bits per heavy atom. The van der Waals surface area contributed by atoms with Crippen LogP contribution in [0.5, 0.6) is 0 Å². The number of hydrogen-bond acceptors (Lipinski definition) is 3. The first-order valence-corrected chi connectivity index (χ1v) is 10.1. The van der Waals surface area contributed by atoms with Crippen molar-refractivity contribution in [3.63, 3.8) is 0 Å². The number of benzene rings is 2. The molecule has 1 aliphatic carbocycles. The Balaban J connectivity index is 1.73. The van der Waals surface area contributed by atoms with Gasteiger partial charge in [-0.05, 0) is 0 Å². The van der Waals surface area contributed by atoms with Crippen molar-refractivity contribution >= 4 is 20.3 Å². The number of rotatable bonds is 2. The Hall–Kier alpha value is -2.81. The van der Waals surface area contributed by atoms with Crippen LogP contribution in [-0.2, 0) is 0 Å². The average Bonchev–Trinajstić information content (AvgIpc) is 3.16. The monoisotopic (exact) mass is 402 g/mol. The van der Waals surface area contributed by atoms with Crippen molar-refractivity contribution in [2.75, 3.05) is 0 Å². The normalized spacial score (nSPS) is 15.4. The van der Waals surface area contributed by atoms with E-state index in [0.717, 1.165) is 37.0 Å². The second kappa shape index (κ2) is 6.17. The molecule has 5 rings (SSSR count). The van der Waals surface area contributed by atoms with Gasteiger partial charge in [-0.15, -0.1) is 0 Å². The van der Waals surface area contributed by atoms with Crippen LogP contribution in [0.15, 0.2) is 79.1 Å². The first kappa shape index (κ1) is 15.4. The van der Waals surface area contributed by atoms with Crippen LogP contribution in [0.25, 0.3) is 21.4 Å². The number of carbonyl (C=O) groups excluding carboxylic acids is 1. The molecule has 1 unspecified atom stereocenters. The van der Waals surface area contributed by atoms with Crippen LogP contribution in [0.4, 0.5) is 0 Å². The van der Waals surface area contributed by atoms with Crippen molar-refractivity contribution in [3.8, 4) is 21.4 Å². The number of carbonyl (C=O) groups is 1. The van der Waals surface area contributed by atoms with Crippen LogP contribution in [0.3, 0.4) is 0 Å². The average molecular weight is 401 g/mol. The van der Waals surface area contributed by atoms with E-state index in [-0.39, 0.29) is 26.2 Å². The molecule has 0 saturated heterocycles. The molecule has 0 fully saturated rings. The van der Waals surface area contributed by atoms with E-state index in [1.54, 1.807) is 6.20 Å². The van der Waals surface area contributed by atoms with Crippen molar-refractivity contribution < 1.29 is 4.79 Å². The zero-order valence-electron chi connectivity index (χ0n) is 13.8. The molecule has 3 nitrogen and oxygen atoms in total. The molecule has 2 aromatic heterocycles. The molecule has 2 heterocycles. The second-order valence-electron chi connectivity index (χ2n) is 6.23. The van der Waals surface area contributed by atoms with Gasteiger partial charge in [0.1, 0.15) is 0 Å². The maximum absolute atomic E-state index is 13.4. The summed E-state index contributed by atoms with van der Waals surface area (Å²) in [6.45, 7) is 0. The van der Waals surface area contributed by atoms with Gasteiger partial charge in [0.25, 0.3) is 0 Å². The predicted molar refractivity (Wildman–Crippen MR) is 102 cm³/mol. The molecule has 26 heavy (non-hydrogen) atoms. The van der Waals surface area contributed by atoms with E-state index >= 15 is 0 Å². The number of fused-ring (bicyclic) bond motifs is 3. The van der Waals surface area contributed by atoms with E-state index < -0.39 is 0 Å². The number of hydrogen-bond donors (Lipinski definition) is 0. The number of nitrogens with zero attached hydrogens (tertiary/aromatic N) is 2. The van der Waals surface area contributed by atoms with Gasteiger partial charge in [-0.2, -0.15) is 0 Å². The van der Waals surface area contributed by atoms with E-state index in [9.17, 15) is 4.79 Å². The first-order valence-electron chi connectivity index (χ1n) is 8.42. The molecular formula is C22H14N2OSe. The molecule has 0 amide bonds. The molecule has 0 N–H and O–H groups in total. The molecule has 124 valence electrons. The molecule has 0 bridgehead atoms. The zero-order chi connectivity index (χ0) is 17.5. The standard InChI is InChI=1S/C22H14N2OSe/c25-20-18(14-7-2-1-3-8-14)16-10-4-5-11-17(16)19-21(20)26-22(24-19)15-9-6-12-23-13-15/h1-13,18H. The summed E-state index contributed by atoms with van der Waals surface area (Å²) < 4.78 is 1.86. The molecular weight excluding hydrogens is 387 g/mol. The molecule has 2 aromatic carbocycles. The van der Waals surface area contributed by atoms with Crippen LogP contribution in [-0.4, -0.2) is 30.3 Å². The van der Waals surface area contributed by atoms with Crippen LogP contribution in [0.2, 0.25) is 0 Å². The fraction of sp³-hybridized carbons (Fsp3) is 0.0455. The number of ketones is 1. The van der Waals surface area contributed by atoms with Crippen molar-refractivity contribution in [2.24, 2.45) is 0 Å². The molecule has 4 aromatic rings. The summed E-state index contributed by atoms with van der Waals surface area (Å²) in [7, 11) is 0. The Morgan fingerprint density at radius 1 is 0.885 bits per heavy atom. The zero-order valence-corrected chi connectivity index (χ0v) is 15.5. The van der Waals surface area contributed by atoms with E-state index in [1.165, 1.54) is 0 Å². The van der Waals surface area contributed by atoms with Crippen LogP contribution >= 0.6 is 0 Å². The summed E-state index contributed by atoms with van der Waals surface area (Å²) in [5.74, 6) is -0.0518. The summed E-state index contributed by atoms with van der Waals surface area (Å²) in [5.41, 5.74) is 5.04. The first-order chi connectivity index (χ1) is 12.8.